The Morgan fingerprint density at radius 3 is 2.39 bits per heavy atom. The van der Waals surface area contributed by atoms with E-state index < -0.39 is 0 Å². The minimum atomic E-state index is 0.488. The van der Waals surface area contributed by atoms with Crippen LogP contribution in [0.25, 0.3) is 0 Å². The Morgan fingerprint density at radius 2 is 1.72 bits per heavy atom. The molecule has 0 fully saturated rings. The van der Waals surface area contributed by atoms with Gasteiger partial charge in [0.15, 0.2) is 0 Å². The smallest absolute Gasteiger partial charge is 0.100 e. The highest BCUT2D eigenvalue weighted by Crippen LogP contribution is 2.35. The van der Waals surface area contributed by atoms with E-state index in [-0.39, 0.29) is 0 Å². The number of hydrogen-bond acceptors (Lipinski definition) is 2. The van der Waals surface area contributed by atoms with Gasteiger partial charge in [-0.15, -0.1) is 0 Å². The molecular formula is C13H6Cl3NS. The van der Waals surface area contributed by atoms with E-state index in [1.54, 1.807) is 30.3 Å². The Hall–Kier alpha value is -0.850. The van der Waals surface area contributed by atoms with Crippen molar-refractivity contribution in [3.8, 4) is 6.07 Å². The second kappa shape index (κ2) is 5.86. The molecule has 0 spiro atoms. The van der Waals surface area contributed by atoms with Crippen LogP contribution in [-0.4, -0.2) is 0 Å². The zero-order chi connectivity index (χ0) is 13.1. The fourth-order valence-electron chi connectivity index (χ4n) is 1.34. The molecule has 0 aliphatic rings. The Bertz CT molecular complexity index is 635. The molecular weight excluding hydrogens is 309 g/mol. The second-order valence-corrected chi connectivity index (χ2v) is 5.80. The summed E-state index contributed by atoms with van der Waals surface area (Å²) in [5, 5.41) is 10.6. The third-order valence-corrected chi connectivity index (χ3v) is 4.20. The van der Waals surface area contributed by atoms with Crippen LogP contribution >= 0.6 is 46.6 Å². The molecule has 2 aromatic rings. The maximum absolute atomic E-state index is 9.03. The molecule has 0 amide bonds. The molecule has 0 atom stereocenters. The van der Waals surface area contributed by atoms with Gasteiger partial charge < -0.3 is 0 Å². The van der Waals surface area contributed by atoms with Crippen LogP contribution in [0.3, 0.4) is 0 Å². The van der Waals surface area contributed by atoms with Gasteiger partial charge in [-0.2, -0.15) is 5.26 Å². The lowest BCUT2D eigenvalue weighted by Gasteiger charge is -2.05. The van der Waals surface area contributed by atoms with Gasteiger partial charge in [0.1, 0.15) is 6.07 Å². The molecule has 0 aliphatic carbocycles. The van der Waals surface area contributed by atoms with E-state index in [4.69, 9.17) is 40.1 Å². The van der Waals surface area contributed by atoms with Gasteiger partial charge in [-0.25, -0.2) is 0 Å². The summed E-state index contributed by atoms with van der Waals surface area (Å²) in [5.41, 5.74) is 0.579. The highest BCUT2D eigenvalue weighted by Gasteiger charge is 2.07. The monoisotopic (exact) mass is 313 g/mol. The van der Waals surface area contributed by atoms with E-state index in [1.807, 2.05) is 6.07 Å². The van der Waals surface area contributed by atoms with E-state index in [0.717, 1.165) is 9.79 Å². The van der Waals surface area contributed by atoms with Gasteiger partial charge in [0.25, 0.3) is 0 Å². The molecule has 0 saturated carbocycles. The van der Waals surface area contributed by atoms with E-state index in [9.17, 15) is 0 Å². The largest absolute Gasteiger partial charge is 0.192 e. The molecule has 0 bridgehead atoms. The average Bonchev–Trinajstić information content (AvgIpc) is 2.34. The molecule has 90 valence electrons. The number of nitrogens with zero attached hydrogens (tertiary/aromatic N) is 1. The third-order valence-electron chi connectivity index (χ3n) is 2.18. The molecule has 0 heterocycles. The Labute approximate surface area is 124 Å². The SMILES string of the molecule is N#Cc1ccc(Cl)cc1Sc1ccc(Cl)c(Cl)c1. The van der Waals surface area contributed by atoms with Crippen molar-refractivity contribution in [3.63, 3.8) is 0 Å². The number of halogens is 3. The lowest BCUT2D eigenvalue weighted by atomic mass is 10.2. The molecule has 0 saturated heterocycles. The van der Waals surface area contributed by atoms with Crippen molar-refractivity contribution in [3.05, 3.63) is 57.0 Å². The molecule has 0 radical (unpaired) electrons. The summed E-state index contributed by atoms with van der Waals surface area (Å²) in [6.07, 6.45) is 0. The summed E-state index contributed by atoms with van der Waals surface area (Å²) < 4.78 is 0. The van der Waals surface area contributed by atoms with Gasteiger partial charge in [-0.05, 0) is 36.4 Å². The van der Waals surface area contributed by atoms with Crippen LogP contribution in [0.15, 0.2) is 46.2 Å². The molecule has 5 heteroatoms. The van der Waals surface area contributed by atoms with Crippen molar-refractivity contribution in [2.75, 3.05) is 0 Å². The molecule has 0 aromatic heterocycles. The van der Waals surface area contributed by atoms with Crippen molar-refractivity contribution < 1.29 is 0 Å². The fraction of sp³-hybridized carbons (Fsp3) is 0. The number of nitriles is 1. The highest BCUT2D eigenvalue weighted by atomic mass is 35.5. The van der Waals surface area contributed by atoms with E-state index in [1.165, 1.54) is 11.8 Å². The van der Waals surface area contributed by atoms with Gasteiger partial charge in [-0.3, -0.25) is 0 Å². The average molecular weight is 315 g/mol. The zero-order valence-corrected chi connectivity index (χ0v) is 12.0. The first-order chi connectivity index (χ1) is 8.60. The van der Waals surface area contributed by atoms with Crippen LogP contribution in [0.4, 0.5) is 0 Å². The molecule has 1 nitrogen and oxygen atoms in total. The Balaban J connectivity index is 2.36. The first-order valence-corrected chi connectivity index (χ1v) is 6.88. The Morgan fingerprint density at radius 1 is 0.944 bits per heavy atom. The van der Waals surface area contributed by atoms with Crippen molar-refractivity contribution >= 4 is 46.6 Å². The summed E-state index contributed by atoms with van der Waals surface area (Å²) in [6.45, 7) is 0. The molecule has 0 unspecified atom stereocenters. The van der Waals surface area contributed by atoms with Gasteiger partial charge in [0.05, 0.1) is 15.6 Å². The molecule has 0 aliphatic heterocycles. The van der Waals surface area contributed by atoms with E-state index >= 15 is 0 Å². The lowest BCUT2D eigenvalue weighted by Crippen LogP contribution is -1.82. The summed E-state index contributed by atoms with van der Waals surface area (Å²) in [4.78, 5) is 1.70. The summed E-state index contributed by atoms with van der Waals surface area (Å²) in [6, 6.07) is 12.6. The van der Waals surface area contributed by atoms with Gasteiger partial charge in [0.2, 0.25) is 0 Å². The fourth-order valence-corrected chi connectivity index (χ4v) is 2.92. The molecule has 2 aromatic carbocycles. The van der Waals surface area contributed by atoms with Gasteiger partial charge >= 0.3 is 0 Å². The van der Waals surface area contributed by atoms with Gasteiger partial charge in [-0.1, -0.05) is 46.6 Å². The number of hydrogen-bond donors (Lipinski definition) is 0. The van der Waals surface area contributed by atoms with Crippen LogP contribution in [0.1, 0.15) is 5.56 Å². The van der Waals surface area contributed by atoms with E-state index in [0.29, 0.717) is 20.6 Å². The predicted molar refractivity (Wildman–Crippen MR) is 76.8 cm³/mol. The van der Waals surface area contributed by atoms with Crippen LogP contribution in [0.5, 0.6) is 0 Å². The quantitative estimate of drug-likeness (QED) is 0.713. The van der Waals surface area contributed by atoms with Crippen LogP contribution in [0, 0.1) is 11.3 Å². The maximum Gasteiger partial charge on any atom is 0.100 e. The van der Waals surface area contributed by atoms with Crippen LogP contribution in [0.2, 0.25) is 15.1 Å². The third kappa shape index (κ3) is 3.13. The van der Waals surface area contributed by atoms with Crippen molar-refractivity contribution in [1.82, 2.24) is 0 Å². The standard InChI is InChI=1S/C13H6Cl3NS/c14-9-2-1-8(7-17)13(5-9)18-10-3-4-11(15)12(16)6-10/h1-6H. The molecule has 2 rings (SSSR count). The number of rotatable bonds is 2. The maximum atomic E-state index is 9.03. The van der Waals surface area contributed by atoms with Crippen LogP contribution < -0.4 is 0 Å². The Kier molecular flexibility index (Phi) is 4.42. The predicted octanol–water partition coefficient (Wildman–Crippen LogP) is 5.67. The second-order valence-electron chi connectivity index (χ2n) is 3.43. The van der Waals surface area contributed by atoms with E-state index in [2.05, 4.69) is 6.07 Å². The lowest BCUT2D eigenvalue weighted by molar-refractivity contribution is 1.35. The van der Waals surface area contributed by atoms with Gasteiger partial charge in [0, 0.05) is 14.8 Å². The van der Waals surface area contributed by atoms with Crippen molar-refractivity contribution in [2.45, 2.75) is 9.79 Å². The normalized spacial score (nSPS) is 10.1. The summed E-state index contributed by atoms with van der Waals surface area (Å²) >= 11 is 19.2. The minimum Gasteiger partial charge on any atom is -0.192 e. The minimum absolute atomic E-state index is 0.488. The number of benzene rings is 2. The van der Waals surface area contributed by atoms with Crippen molar-refractivity contribution in [2.24, 2.45) is 0 Å². The van der Waals surface area contributed by atoms with Crippen molar-refractivity contribution in [1.29, 1.82) is 5.26 Å². The molecule has 18 heavy (non-hydrogen) atoms. The van der Waals surface area contributed by atoms with Crippen LogP contribution in [-0.2, 0) is 0 Å². The first-order valence-electron chi connectivity index (χ1n) is 4.92. The zero-order valence-electron chi connectivity index (χ0n) is 8.95. The first kappa shape index (κ1) is 13.6. The summed E-state index contributed by atoms with van der Waals surface area (Å²) in [7, 11) is 0. The topological polar surface area (TPSA) is 23.8 Å². The highest BCUT2D eigenvalue weighted by molar-refractivity contribution is 7.99. The summed E-state index contributed by atoms with van der Waals surface area (Å²) in [5.74, 6) is 0. The molecule has 0 N–H and O–H groups in total.